The van der Waals surface area contributed by atoms with Crippen LogP contribution in [0.5, 0.6) is 0 Å². The van der Waals surface area contributed by atoms with Crippen molar-refractivity contribution in [1.82, 2.24) is 0 Å². The van der Waals surface area contributed by atoms with Crippen molar-refractivity contribution in [2.75, 3.05) is 25.2 Å². The summed E-state index contributed by atoms with van der Waals surface area (Å²) in [5.74, 6) is 0.599. The zero-order valence-electron chi connectivity index (χ0n) is 9.16. The highest BCUT2D eigenvalue weighted by Crippen LogP contribution is 2.20. The summed E-state index contributed by atoms with van der Waals surface area (Å²) in [5.41, 5.74) is 7.49. The number of aryl methyl sites for hydroxylation is 1. The van der Waals surface area contributed by atoms with Gasteiger partial charge in [0.2, 0.25) is 0 Å². The van der Waals surface area contributed by atoms with E-state index in [0.717, 1.165) is 16.9 Å². The Hall–Kier alpha value is -0.870. The summed E-state index contributed by atoms with van der Waals surface area (Å²) in [6, 6.07) is 5.63. The van der Waals surface area contributed by atoms with Gasteiger partial charge < -0.3 is 10.5 Å². The fourth-order valence-corrected chi connectivity index (χ4v) is 2.53. The molecule has 1 rings (SSSR count). The maximum Gasteiger partial charge on any atom is 0.0620 e. The van der Waals surface area contributed by atoms with Gasteiger partial charge in [0.25, 0.3) is 0 Å². The molecule has 0 amide bonds. The van der Waals surface area contributed by atoms with Gasteiger partial charge in [-0.2, -0.15) is 0 Å². The quantitative estimate of drug-likeness (QED) is 0.615. The monoisotopic (exact) mass is 227 g/mol. The molecule has 84 valence electrons. The second-order valence-electron chi connectivity index (χ2n) is 3.38. The maximum atomic E-state index is 11.9. The normalized spacial score (nSPS) is 12.7. The van der Waals surface area contributed by atoms with E-state index in [-0.39, 0.29) is 0 Å². The summed E-state index contributed by atoms with van der Waals surface area (Å²) >= 11 is 0. The number of hydrogen-bond acceptors (Lipinski definition) is 3. The van der Waals surface area contributed by atoms with Crippen LogP contribution in [-0.4, -0.2) is 23.7 Å². The van der Waals surface area contributed by atoms with Crippen LogP contribution in [0.4, 0.5) is 5.69 Å². The number of methoxy groups -OCH3 is 1. The molecule has 15 heavy (non-hydrogen) atoms. The Morgan fingerprint density at radius 3 is 2.87 bits per heavy atom. The number of anilines is 1. The molecule has 0 saturated carbocycles. The lowest BCUT2D eigenvalue weighted by Crippen LogP contribution is -2.05. The molecule has 0 aliphatic heterocycles. The first-order valence-electron chi connectivity index (χ1n) is 4.89. The van der Waals surface area contributed by atoms with Crippen LogP contribution in [0.3, 0.4) is 0 Å². The van der Waals surface area contributed by atoms with Crippen LogP contribution in [0.2, 0.25) is 0 Å². The molecule has 4 heteroatoms. The molecular formula is C11H17NO2S. The molecule has 0 heterocycles. The van der Waals surface area contributed by atoms with Crippen LogP contribution in [0.15, 0.2) is 23.1 Å². The van der Waals surface area contributed by atoms with Crippen LogP contribution in [0.25, 0.3) is 0 Å². The Balaban J connectivity index is 2.69. The van der Waals surface area contributed by atoms with Gasteiger partial charge in [-0.15, -0.1) is 0 Å². The summed E-state index contributed by atoms with van der Waals surface area (Å²) in [5, 5.41) is 0. The van der Waals surface area contributed by atoms with Crippen molar-refractivity contribution >= 4 is 16.5 Å². The van der Waals surface area contributed by atoms with Crippen molar-refractivity contribution in [3.63, 3.8) is 0 Å². The Labute approximate surface area is 93.1 Å². The smallest absolute Gasteiger partial charge is 0.0620 e. The van der Waals surface area contributed by atoms with Crippen LogP contribution >= 0.6 is 0 Å². The molecule has 0 radical (unpaired) electrons. The minimum absolute atomic E-state index is 0.599. The zero-order valence-corrected chi connectivity index (χ0v) is 9.97. The Morgan fingerprint density at radius 2 is 2.20 bits per heavy atom. The number of benzene rings is 1. The van der Waals surface area contributed by atoms with E-state index < -0.39 is 10.8 Å². The van der Waals surface area contributed by atoms with Gasteiger partial charge >= 0.3 is 0 Å². The minimum Gasteiger partial charge on any atom is -0.398 e. The molecule has 1 atom stereocenters. The van der Waals surface area contributed by atoms with Crippen LogP contribution < -0.4 is 5.73 Å². The van der Waals surface area contributed by atoms with Gasteiger partial charge in [-0.25, -0.2) is 0 Å². The molecule has 0 fully saturated rings. The van der Waals surface area contributed by atoms with E-state index in [0.29, 0.717) is 18.0 Å². The molecule has 1 aromatic rings. The lowest BCUT2D eigenvalue weighted by Gasteiger charge is -2.07. The van der Waals surface area contributed by atoms with E-state index in [2.05, 4.69) is 0 Å². The maximum absolute atomic E-state index is 11.9. The predicted molar refractivity (Wildman–Crippen MR) is 63.4 cm³/mol. The summed E-state index contributed by atoms with van der Waals surface area (Å²) in [7, 11) is 0.631. The first-order chi connectivity index (χ1) is 7.16. The molecule has 0 aromatic heterocycles. The lowest BCUT2D eigenvalue weighted by atomic mass is 10.2. The molecule has 3 nitrogen and oxygen atoms in total. The SMILES string of the molecule is COCCCS(=O)c1cccc(C)c1N. The van der Waals surface area contributed by atoms with Crippen LogP contribution in [0.1, 0.15) is 12.0 Å². The fourth-order valence-electron chi connectivity index (χ4n) is 1.30. The van der Waals surface area contributed by atoms with E-state index in [1.165, 1.54) is 0 Å². The van der Waals surface area contributed by atoms with Crippen molar-refractivity contribution in [1.29, 1.82) is 0 Å². The number of rotatable bonds is 5. The van der Waals surface area contributed by atoms with Crippen molar-refractivity contribution in [2.45, 2.75) is 18.2 Å². The van der Waals surface area contributed by atoms with Gasteiger partial charge in [0.1, 0.15) is 0 Å². The van der Waals surface area contributed by atoms with Crippen molar-refractivity contribution < 1.29 is 8.95 Å². The first kappa shape index (κ1) is 12.2. The van der Waals surface area contributed by atoms with Gasteiger partial charge in [0.05, 0.1) is 21.4 Å². The van der Waals surface area contributed by atoms with Gasteiger partial charge in [-0.3, -0.25) is 4.21 Å². The van der Waals surface area contributed by atoms with Crippen LogP contribution in [-0.2, 0) is 15.5 Å². The minimum atomic E-state index is -1.01. The second kappa shape index (κ2) is 5.88. The molecule has 0 aliphatic rings. The number of ether oxygens (including phenoxy) is 1. The van der Waals surface area contributed by atoms with Crippen LogP contribution in [0, 0.1) is 6.92 Å². The predicted octanol–water partition coefficient (Wildman–Crippen LogP) is 1.72. The standard InChI is InChI=1S/C11H17NO2S/c1-9-5-3-6-10(11(9)12)15(13)8-4-7-14-2/h3,5-6H,4,7-8,12H2,1-2H3. The van der Waals surface area contributed by atoms with E-state index in [1.807, 2.05) is 25.1 Å². The average Bonchev–Trinajstić information content (AvgIpc) is 2.22. The highest BCUT2D eigenvalue weighted by Gasteiger charge is 2.08. The van der Waals surface area contributed by atoms with Gasteiger partial charge in [-0.1, -0.05) is 12.1 Å². The van der Waals surface area contributed by atoms with E-state index in [9.17, 15) is 4.21 Å². The molecule has 0 saturated heterocycles. The van der Waals surface area contributed by atoms with E-state index in [1.54, 1.807) is 7.11 Å². The highest BCUT2D eigenvalue weighted by atomic mass is 32.2. The van der Waals surface area contributed by atoms with E-state index in [4.69, 9.17) is 10.5 Å². The van der Waals surface area contributed by atoms with Crippen molar-refractivity contribution in [3.8, 4) is 0 Å². The third kappa shape index (κ3) is 3.32. The van der Waals surface area contributed by atoms with Gasteiger partial charge in [0.15, 0.2) is 0 Å². The largest absolute Gasteiger partial charge is 0.398 e. The zero-order chi connectivity index (χ0) is 11.3. The molecule has 1 unspecified atom stereocenters. The Bertz CT molecular complexity index is 352. The molecule has 0 spiro atoms. The third-order valence-electron chi connectivity index (χ3n) is 2.21. The van der Waals surface area contributed by atoms with Crippen molar-refractivity contribution in [2.24, 2.45) is 0 Å². The van der Waals surface area contributed by atoms with Crippen molar-refractivity contribution in [3.05, 3.63) is 23.8 Å². The fraction of sp³-hybridized carbons (Fsp3) is 0.455. The lowest BCUT2D eigenvalue weighted by molar-refractivity contribution is 0.200. The van der Waals surface area contributed by atoms with Gasteiger partial charge in [0, 0.05) is 19.5 Å². The Kier molecular flexibility index (Phi) is 4.78. The molecule has 0 aliphatic carbocycles. The highest BCUT2D eigenvalue weighted by molar-refractivity contribution is 7.85. The molecule has 2 N–H and O–H groups in total. The molecule has 0 bridgehead atoms. The first-order valence-corrected chi connectivity index (χ1v) is 6.21. The van der Waals surface area contributed by atoms with Gasteiger partial charge in [-0.05, 0) is 25.0 Å². The summed E-state index contributed by atoms with van der Waals surface area (Å²) in [6.45, 7) is 2.56. The molecular weight excluding hydrogens is 210 g/mol. The summed E-state index contributed by atoms with van der Waals surface area (Å²) in [4.78, 5) is 0.742. The molecule has 1 aromatic carbocycles. The van der Waals surface area contributed by atoms with E-state index >= 15 is 0 Å². The number of nitrogen functional groups attached to an aromatic ring is 1. The second-order valence-corrected chi connectivity index (χ2v) is 4.92. The number of nitrogens with two attached hydrogens (primary N) is 1. The average molecular weight is 227 g/mol. The summed E-state index contributed by atoms with van der Waals surface area (Å²) in [6.07, 6.45) is 0.788. The number of para-hydroxylation sites is 1. The topological polar surface area (TPSA) is 52.3 Å². The Morgan fingerprint density at radius 1 is 1.47 bits per heavy atom. The summed E-state index contributed by atoms with van der Waals surface area (Å²) < 4.78 is 16.8. The number of hydrogen-bond donors (Lipinski definition) is 1. The third-order valence-corrected chi connectivity index (χ3v) is 3.71.